The fourth-order valence-corrected chi connectivity index (χ4v) is 4.87. The van der Waals surface area contributed by atoms with Crippen molar-refractivity contribution in [3.63, 3.8) is 0 Å². The van der Waals surface area contributed by atoms with Crippen LogP contribution in [0.1, 0.15) is 82.8 Å². The van der Waals surface area contributed by atoms with Crippen molar-refractivity contribution in [2.24, 2.45) is 5.92 Å². The van der Waals surface area contributed by atoms with Gasteiger partial charge in [0.2, 0.25) is 0 Å². The van der Waals surface area contributed by atoms with Crippen LogP contribution in [0, 0.1) is 5.92 Å². The Morgan fingerprint density at radius 1 is 0.862 bits per heavy atom. The van der Waals surface area contributed by atoms with E-state index in [9.17, 15) is 10.2 Å². The normalized spacial score (nSPS) is 18.8. The molecule has 0 radical (unpaired) electrons. The first-order valence-corrected chi connectivity index (χ1v) is 11.3. The van der Waals surface area contributed by atoms with E-state index >= 15 is 0 Å². The minimum absolute atomic E-state index is 0.136. The first-order chi connectivity index (χ1) is 14.0. The number of aromatic hydroxyl groups is 2. The molecule has 0 amide bonds. The molecule has 2 heteroatoms. The molecule has 2 aromatic rings. The highest BCUT2D eigenvalue weighted by molar-refractivity contribution is 5.66. The molecule has 2 nitrogen and oxygen atoms in total. The molecule has 2 aromatic carbocycles. The number of phenols is 2. The van der Waals surface area contributed by atoms with Gasteiger partial charge in [-0.25, -0.2) is 0 Å². The first kappa shape index (κ1) is 21.5. The first-order valence-electron chi connectivity index (χ1n) is 11.3. The Labute approximate surface area is 176 Å². The summed E-state index contributed by atoms with van der Waals surface area (Å²) in [6, 6.07) is 15.5. The zero-order valence-electron chi connectivity index (χ0n) is 18.0. The van der Waals surface area contributed by atoms with Crippen LogP contribution in [-0.4, -0.2) is 10.2 Å². The van der Waals surface area contributed by atoms with Gasteiger partial charge in [0.25, 0.3) is 0 Å². The Kier molecular flexibility index (Phi) is 7.41. The molecule has 0 aliphatic heterocycles. The molecule has 0 fully saturated rings. The summed E-state index contributed by atoms with van der Waals surface area (Å²) in [4.78, 5) is 0. The maximum atomic E-state index is 9.76. The molecule has 0 spiro atoms. The Morgan fingerprint density at radius 3 is 2.07 bits per heavy atom. The second kappa shape index (κ2) is 10.0. The van der Waals surface area contributed by atoms with Crippen molar-refractivity contribution < 1.29 is 10.2 Å². The van der Waals surface area contributed by atoms with Gasteiger partial charge in [-0.1, -0.05) is 76.3 Å². The van der Waals surface area contributed by atoms with Crippen LogP contribution in [0.25, 0.3) is 5.57 Å². The molecule has 2 unspecified atom stereocenters. The lowest BCUT2D eigenvalue weighted by Gasteiger charge is -2.40. The second-order valence-corrected chi connectivity index (χ2v) is 8.88. The van der Waals surface area contributed by atoms with E-state index in [0.717, 1.165) is 12.8 Å². The van der Waals surface area contributed by atoms with Crippen molar-refractivity contribution in [1.29, 1.82) is 0 Å². The zero-order chi connectivity index (χ0) is 20.7. The predicted octanol–water partition coefficient (Wildman–Crippen LogP) is 7.60. The summed E-state index contributed by atoms with van der Waals surface area (Å²) in [6.45, 7) is 4.70. The van der Waals surface area contributed by atoms with Crippen molar-refractivity contribution in [1.82, 2.24) is 0 Å². The lowest BCUT2D eigenvalue weighted by atomic mass is 9.64. The van der Waals surface area contributed by atoms with Gasteiger partial charge < -0.3 is 10.2 Å². The van der Waals surface area contributed by atoms with Crippen LogP contribution in [0.3, 0.4) is 0 Å². The van der Waals surface area contributed by atoms with E-state index < -0.39 is 0 Å². The smallest absolute Gasteiger partial charge is 0.115 e. The lowest BCUT2D eigenvalue weighted by molar-refractivity contribution is 0.247. The predicted molar refractivity (Wildman–Crippen MR) is 122 cm³/mol. The summed E-state index contributed by atoms with van der Waals surface area (Å²) in [7, 11) is 0. The van der Waals surface area contributed by atoms with Gasteiger partial charge in [0, 0.05) is 0 Å². The van der Waals surface area contributed by atoms with Crippen LogP contribution in [0.2, 0.25) is 0 Å². The number of allylic oxidation sites excluding steroid dienone is 2. The van der Waals surface area contributed by atoms with Crippen molar-refractivity contribution in [3.05, 3.63) is 65.7 Å². The Hall–Kier alpha value is -2.22. The van der Waals surface area contributed by atoms with Gasteiger partial charge in [-0.2, -0.15) is 0 Å². The van der Waals surface area contributed by atoms with E-state index in [0.29, 0.717) is 17.4 Å². The average molecular weight is 393 g/mol. The van der Waals surface area contributed by atoms with E-state index in [2.05, 4.69) is 32.1 Å². The van der Waals surface area contributed by atoms with Gasteiger partial charge in [-0.05, 0) is 78.0 Å². The molecule has 2 N–H and O–H groups in total. The quantitative estimate of drug-likeness (QED) is 0.431. The van der Waals surface area contributed by atoms with Crippen molar-refractivity contribution in [2.45, 2.75) is 77.0 Å². The van der Waals surface area contributed by atoms with Gasteiger partial charge in [0.05, 0.1) is 0 Å². The second-order valence-electron chi connectivity index (χ2n) is 8.88. The van der Waals surface area contributed by atoms with Crippen LogP contribution in [0.15, 0.2) is 54.6 Å². The number of benzene rings is 2. The summed E-state index contributed by atoms with van der Waals surface area (Å²) in [6.07, 6.45) is 13.5. The molecule has 156 valence electrons. The molecule has 0 saturated heterocycles. The van der Waals surface area contributed by atoms with Gasteiger partial charge in [-0.15, -0.1) is 0 Å². The third-order valence-corrected chi connectivity index (χ3v) is 6.88. The van der Waals surface area contributed by atoms with E-state index in [4.69, 9.17) is 0 Å². The lowest BCUT2D eigenvalue weighted by Crippen LogP contribution is -2.33. The number of unbranched alkanes of at least 4 members (excludes halogenated alkanes) is 4. The molecule has 0 heterocycles. The number of hydrogen-bond acceptors (Lipinski definition) is 2. The minimum atomic E-state index is 0.136. The maximum absolute atomic E-state index is 9.76. The van der Waals surface area contributed by atoms with E-state index in [1.807, 2.05) is 24.3 Å². The van der Waals surface area contributed by atoms with Crippen LogP contribution in [-0.2, 0) is 5.41 Å². The average Bonchev–Trinajstić information content (AvgIpc) is 2.74. The molecule has 3 rings (SSSR count). The molecule has 0 bridgehead atoms. The van der Waals surface area contributed by atoms with E-state index in [1.165, 1.54) is 61.6 Å². The topological polar surface area (TPSA) is 40.5 Å². The molecule has 0 saturated carbocycles. The fourth-order valence-electron chi connectivity index (χ4n) is 4.87. The molecular weight excluding hydrogens is 356 g/mol. The van der Waals surface area contributed by atoms with Crippen molar-refractivity contribution in [3.8, 4) is 11.5 Å². The van der Waals surface area contributed by atoms with Crippen molar-refractivity contribution in [2.75, 3.05) is 0 Å². The van der Waals surface area contributed by atoms with Gasteiger partial charge >= 0.3 is 0 Å². The van der Waals surface area contributed by atoms with Gasteiger partial charge in [0.1, 0.15) is 11.5 Å². The van der Waals surface area contributed by atoms with Crippen LogP contribution >= 0.6 is 0 Å². The highest BCUT2D eigenvalue weighted by Crippen LogP contribution is 2.45. The van der Waals surface area contributed by atoms with E-state index in [1.54, 1.807) is 12.1 Å². The molecule has 29 heavy (non-hydrogen) atoms. The van der Waals surface area contributed by atoms with E-state index in [-0.39, 0.29) is 5.41 Å². The Balaban J connectivity index is 1.75. The summed E-state index contributed by atoms with van der Waals surface area (Å²) >= 11 is 0. The summed E-state index contributed by atoms with van der Waals surface area (Å²) in [5, 5.41) is 19.3. The molecule has 1 aliphatic rings. The number of hydrogen-bond donors (Lipinski definition) is 2. The zero-order valence-corrected chi connectivity index (χ0v) is 18.0. The number of phenolic OH excluding ortho intramolecular Hbond substituents is 2. The van der Waals surface area contributed by atoms with Gasteiger partial charge in [-0.3, -0.25) is 0 Å². The summed E-state index contributed by atoms with van der Waals surface area (Å²) in [5.41, 5.74) is 4.12. The summed E-state index contributed by atoms with van der Waals surface area (Å²) < 4.78 is 0. The highest BCUT2D eigenvalue weighted by atomic mass is 16.3. The third kappa shape index (κ3) is 5.44. The van der Waals surface area contributed by atoms with Crippen LogP contribution in [0.4, 0.5) is 0 Å². The summed E-state index contributed by atoms with van der Waals surface area (Å²) in [5.74, 6) is 1.28. The third-order valence-electron chi connectivity index (χ3n) is 6.88. The molecule has 1 aliphatic carbocycles. The Bertz CT molecular complexity index is 788. The standard InChI is InChI=1S/C27H36O2/c1-3-4-5-6-7-20-27(2,24-14-18-26(29)19-15-24)23-12-8-21(9-13-23)22-10-16-25(28)17-11-22/h8,10-11,14-19,23,28-29H,3-7,9,12-13,20H2,1-2H3. The largest absolute Gasteiger partial charge is 0.508 e. The van der Waals surface area contributed by atoms with Crippen LogP contribution in [0.5, 0.6) is 11.5 Å². The van der Waals surface area contributed by atoms with Gasteiger partial charge in [0.15, 0.2) is 0 Å². The highest BCUT2D eigenvalue weighted by Gasteiger charge is 2.36. The maximum Gasteiger partial charge on any atom is 0.115 e. The SMILES string of the molecule is CCCCCCCC(C)(c1ccc(O)cc1)C1CC=C(c2ccc(O)cc2)CC1. The van der Waals surface area contributed by atoms with Crippen molar-refractivity contribution >= 4 is 5.57 Å². The minimum Gasteiger partial charge on any atom is -0.508 e. The fraction of sp³-hybridized carbons (Fsp3) is 0.481. The monoisotopic (exact) mass is 392 g/mol. The molecule has 2 atom stereocenters. The number of rotatable bonds is 9. The molecular formula is C27H36O2. The molecule has 0 aromatic heterocycles. The van der Waals surface area contributed by atoms with Crippen LogP contribution < -0.4 is 0 Å². The Morgan fingerprint density at radius 2 is 1.48 bits per heavy atom.